The van der Waals surface area contributed by atoms with Crippen LogP contribution < -0.4 is 10.6 Å². The molecular weight excluding hydrogens is 380 g/mol. The van der Waals surface area contributed by atoms with Gasteiger partial charge in [-0.2, -0.15) is 0 Å². The van der Waals surface area contributed by atoms with Crippen LogP contribution in [-0.2, 0) is 9.53 Å². The Morgan fingerprint density at radius 3 is 2.53 bits per heavy atom. The molecule has 7 nitrogen and oxygen atoms in total. The highest BCUT2D eigenvalue weighted by Crippen LogP contribution is 2.17. The SMILES string of the molecule is CCOC(=O)C=Cc1ccc(NC2CCN(C(=O)Nc3ccc(C)cc3)CC2)nc1. The Labute approximate surface area is 177 Å². The number of nitrogens with zero attached hydrogens (tertiary/aromatic N) is 2. The number of benzene rings is 1. The first-order valence-electron chi connectivity index (χ1n) is 10.2. The average Bonchev–Trinajstić information content (AvgIpc) is 2.75. The fourth-order valence-electron chi connectivity index (χ4n) is 3.22. The highest BCUT2D eigenvalue weighted by Gasteiger charge is 2.23. The van der Waals surface area contributed by atoms with Crippen LogP contribution in [0.1, 0.15) is 30.9 Å². The number of anilines is 2. The molecule has 1 saturated heterocycles. The highest BCUT2D eigenvalue weighted by atomic mass is 16.5. The van der Waals surface area contributed by atoms with Gasteiger partial charge in [-0.25, -0.2) is 14.6 Å². The first kappa shape index (κ1) is 21.4. The third-order valence-electron chi connectivity index (χ3n) is 4.92. The van der Waals surface area contributed by atoms with Crippen LogP contribution in [0.25, 0.3) is 6.08 Å². The number of rotatable bonds is 6. The van der Waals surface area contributed by atoms with E-state index in [1.807, 2.05) is 48.2 Å². The fraction of sp³-hybridized carbons (Fsp3) is 0.348. The average molecular weight is 409 g/mol. The van der Waals surface area contributed by atoms with Crippen LogP contribution in [0, 0.1) is 6.92 Å². The summed E-state index contributed by atoms with van der Waals surface area (Å²) in [5.41, 5.74) is 2.81. The van der Waals surface area contributed by atoms with Gasteiger partial charge >= 0.3 is 12.0 Å². The van der Waals surface area contributed by atoms with E-state index in [0.29, 0.717) is 19.7 Å². The van der Waals surface area contributed by atoms with Crippen molar-refractivity contribution in [3.05, 3.63) is 59.8 Å². The summed E-state index contributed by atoms with van der Waals surface area (Å²) in [4.78, 5) is 30.1. The molecule has 0 aliphatic carbocycles. The Morgan fingerprint density at radius 2 is 1.90 bits per heavy atom. The molecule has 0 bridgehead atoms. The number of amides is 2. The van der Waals surface area contributed by atoms with Crippen molar-refractivity contribution in [1.29, 1.82) is 0 Å². The third kappa shape index (κ3) is 6.34. The molecule has 30 heavy (non-hydrogen) atoms. The molecule has 1 aliphatic rings. The van der Waals surface area contributed by atoms with Crippen molar-refractivity contribution in [2.45, 2.75) is 32.7 Å². The van der Waals surface area contributed by atoms with Gasteiger partial charge in [0.15, 0.2) is 0 Å². The van der Waals surface area contributed by atoms with E-state index < -0.39 is 0 Å². The number of ether oxygens (including phenoxy) is 1. The summed E-state index contributed by atoms with van der Waals surface area (Å²) in [6, 6.07) is 11.8. The molecule has 2 amide bonds. The van der Waals surface area contributed by atoms with E-state index >= 15 is 0 Å². The molecule has 1 aromatic carbocycles. The molecule has 2 N–H and O–H groups in total. The molecular formula is C23H28N4O3. The first-order chi connectivity index (χ1) is 14.5. The molecule has 3 rings (SSSR count). The molecule has 1 fully saturated rings. The van der Waals surface area contributed by atoms with E-state index in [-0.39, 0.29) is 18.0 Å². The second kappa shape index (κ2) is 10.4. The van der Waals surface area contributed by atoms with Gasteiger partial charge in [0.25, 0.3) is 0 Å². The number of carbonyl (C=O) groups is 2. The molecule has 2 aromatic rings. The molecule has 1 aliphatic heterocycles. The molecule has 7 heteroatoms. The minimum Gasteiger partial charge on any atom is -0.463 e. The minimum absolute atomic E-state index is 0.0619. The van der Waals surface area contributed by atoms with Gasteiger partial charge in [0.05, 0.1) is 6.61 Å². The lowest BCUT2D eigenvalue weighted by molar-refractivity contribution is -0.137. The third-order valence-corrected chi connectivity index (χ3v) is 4.92. The number of aromatic nitrogens is 1. The molecule has 0 saturated carbocycles. The van der Waals surface area contributed by atoms with Gasteiger partial charge in [-0.05, 0) is 62.6 Å². The number of esters is 1. The molecule has 0 unspecified atom stereocenters. The predicted octanol–water partition coefficient (Wildman–Crippen LogP) is 4.07. The number of pyridine rings is 1. The monoisotopic (exact) mass is 408 g/mol. The van der Waals surface area contributed by atoms with Gasteiger partial charge in [-0.1, -0.05) is 17.7 Å². The second-order valence-electron chi connectivity index (χ2n) is 7.26. The van der Waals surface area contributed by atoms with Crippen LogP contribution in [0.2, 0.25) is 0 Å². The zero-order chi connectivity index (χ0) is 21.3. The predicted molar refractivity (Wildman–Crippen MR) is 118 cm³/mol. The van der Waals surface area contributed by atoms with E-state index in [4.69, 9.17) is 4.74 Å². The number of piperidine rings is 1. The number of hydrogen-bond acceptors (Lipinski definition) is 5. The van der Waals surface area contributed by atoms with Crippen molar-refractivity contribution in [1.82, 2.24) is 9.88 Å². The first-order valence-corrected chi connectivity index (χ1v) is 10.2. The van der Waals surface area contributed by atoms with Gasteiger partial charge in [-0.3, -0.25) is 0 Å². The summed E-state index contributed by atoms with van der Waals surface area (Å²) in [6.07, 6.45) is 6.49. The zero-order valence-corrected chi connectivity index (χ0v) is 17.4. The van der Waals surface area contributed by atoms with Crippen LogP contribution in [-0.4, -0.2) is 47.6 Å². The summed E-state index contributed by atoms with van der Waals surface area (Å²) in [5.74, 6) is 0.420. The van der Waals surface area contributed by atoms with Gasteiger partial charge < -0.3 is 20.3 Å². The van der Waals surface area contributed by atoms with Crippen molar-refractivity contribution in [3.8, 4) is 0 Å². The van der Waals surface area contributed by atoms with Crippen molar-refractivity contribution < 1.29 is 14.3 Å². The van der Waals surface area contributed by atoms with E-state index in [0.717, 1.165) is 35.5 Å². The summed E-state index contributed by atoms with van der Waals surface area (Å²) in [7, 11) is 0. The number of urea groups is 1. The summed E-state index contributed by atoms with van der Waals surface area (Å²) >= 11 is 0. The number of likely N-dealkylation sites (tertiary alicyclic amines) is 1. The second-order valence-corrected chi connectivity index (χ2v) is 7.26. The normalized spacial score (nSPS) is 14.5. The lowest BCUT2D eigenvalue weighted by Gasteiger charge is -2.32. The molecule has 2 heterocycles. The Morgan fingerprint density at radius 1 is 1.17 bits per heavy atom. The largest absolute Gasteiger partial charge is 0.463 e. The van der Waals surface area contributed by atoms with Gasteiger partial charge in [-0.15, -0.1) is 0 Å². The van der Waals surface area contributed by atoms with Crippen molar-refractivity contribution in [2.24, 2.45) is 0 Å². The van der Waals surface area contributed by atoms with Gasteiger partial charge in [0, 0.05) is 37.1 Å². The van der Waals surface area contributed by atoms with Crippen LogP contribution in [0.4, 0.5) is 16.3 Å². The van der Waals surface area contributed by atoms with E-state index in [1.165, 1.54) is 6.08 Å². The maximum Gasteiger partial charge on any atom is 0.330 e. The number of hydrogen-bond donors (Lipinski definition) is 2. The minimum atomic E-state index is -0.363. The van der Waals surface area contributed by atoms with Gasteiger partial charge in [0.1, 0.15) is 5.82 Å². The van der Waals surface area contributed by atoms with Crippen LogP contribution >= 0.6 is 0 Å². The molecule has 0 spiro atoms. The Kier molecular flexibility index (Phi) is 7.43. The number of aryl methyl sites for hydroxylation is 1. The maximum absolute atomic E-state index is 12.4. The Bertz CT molecular complexity index is 870. The fourth-order valence-corrected chi connectivity index (χ4v) is 3.22. The smallest absolute Gasteiger partial charge is 0.330 e. The van der Waals surface area contributed by atoms with Crippen molar-refractivity contribution in [3.63, 3.8) is 0 Å². The van der Waals surface area contributed by atoms with Crippen molar-refractivity contribution >= 4 is 29.6 Å². The Hall–Kier alpha value is -3.35. The summed E-state index contributed by atoms with van der Waals surface area (Å²) in [5, 5.41) is 6.38. The Balaban J connectivity index is 1.44. The molecule has 158 valence electrons. The summed E-state index contributed by atoms with van der Waals surface area (Å²) in [6.45, 7) is 5.53. The van der Waals surface area contributed by atoms with E-state index in [2.05, 4.69) is 15.6 Å². The highest BCUT2D eigenvalue weighted by molar-refractivity contribution is 5.89. The summed E-state index contributed by atoms with van der Waals surface area (Å²) < 4.78 is 4.86. The lowest BCUT2D eigenvalue weighted by Crippen LogP contribution is -2.44. The van der Waals surface area contributed by atoms with Crippen molar-refractivity contribution in [2.75, 3.05) is 30.3 Å². The molecule has 1 aromatic heterocycles. The van der Waals surface area contributed by atoms with E-state index in [9.17, 15) is 9.59 Å². The zero-order valence-electron chi connectivity index (χ0n) is 17.4. The molecule has 0 atom stereocenters. The lowest BCUT2D eigenvalue weighted by atomic mass is 10.1. The standard InChI is InChI=1S/C23H28N4O3/c1-3-30-22(28)11-7-18-6-10-21(24-16-18)25-20-12-14-27(15-13-20)23(29)26-19-8-4-17(2)5-9-19/h4-11,16,20H,3,12-15H2,1-2H3,(H,24,25)(H,26,29). The van der Waals surface area contributed by atoms with E-state index in [1.54, 1.807) is 19.2 Å². The van der Waals surface area contributed by atoms with Gasteiger partial charge in [0.2, 0.25) is 0 Å². The maximum atomic E-state index is 12.4. The number of carbonyl (C=O) groups excluding carboxylic acids is 2. The van der Waals surface area contributed by atoms with Crippen LogP contribution in [0.3, 0.4) is 0 Å². The van der Waals surface area contributed by atoms with Crippen LogP contribution in [0.5, 0.6) is 0 Å². The quantitative estimate of drug-likeness (QED) is 0.556. The topological polar surface area (TPSA) is 83.6 Å². The number of nitrogens with one attached hydrogen (secondary N) is 2. The van der Waals surface area contributed by atoms with Crippen LogP contribution in [0.15, 0.2) is 48.7 Å². The molecule has 0 radical (unpaired) electrons.